The summed E-state index contributed by atoms with van der Waals surface area (Å²) in [5, 5.41) is 4.31. The SMILES string of the molecule is CCOC(=O)[C@@]1(C[C@@H]2CC(c3ccccc3C)=NO2)CCCN(CC(C)=O)C1. The minimum atomic E-state index is -0.648. The zero-order valence-corrected chi connectivity index (χ0v) is 17.1. The van der Waals surface area contributed by atoms with E-state index >= 15 is 0 Å². The number of aryl methyl sites for hydroxylation is 1. The third-order valence-corrected chi connectivity index (χ3v) is 5.62. The molecule has 2 aliphatic rings. The van der Waals surface area contributed by atoms with E-state index in [9.17, 15) is 9.59 Å². The van der Waals surface area contributed by atoms with Gasteiger partial charge in [-0.3, -0.25) is 14.5 Å². The van der Waals surface area contributed by atoms with Gasteiger partial charge in [0.15, 0.2) is 0 Å². The number of carbonyl (C=O) groups is 2. The molecule has 1 aromatic carbocycles. The smallest absolute Gasteiger partial charge is 0.313 e. The molecule has 0 radical (unpaired) electrons. The lowest BCUT2D eigenvalue weighted by molar-refractivity contribution is -0.162. The number of nitrogens with zero attached hydrogens (tertiary/aromatic N) is 2. The highest BCUT2D eigenvalue weighted by molar-refractivity contribution is 6.02. The predicted molar refractivity (Wildman–Crippen MR) is 107 cm³/mol. The van der Waals surface area contributed by atoms with Crippen molar-refractivity contribution in [2.24, 2.45) is 10.6 Å². The van der Waals surface area contributed by atoms with Gasteiger partial charge in [0.05, 0.1) is 24.3 Å². The lowest BCUT2D eigenvalue weighted by Crippen LogP contribution is -2.51. The van der Waals surface area contributed by atoms with Crippen LogP contribution in [0.25, 0.3) is 0 Å². The number of rotatable bonds is 7. The van der Waals surface area contributed by atoms with Crippen LogP contribution in [0, 0.1) is 12.3 Å². The normalized spacial score (nSPS) is 25.1. The van der Waals surface area contributed by atoms with Crippen LogP contribution in [0.15, 0.2) is 29.4 Å². The molecule has 2 heterocycles. The molecule has 0 saturated carbocycles. The Morgan fingerprint density at radius 3 is 2.86 bits per heavy atom. The second-order valence-corrected chi connectivity index (χ2v) is 8.01. The van der Waals surface area contributed by atoms with E-state index in [1.165, 1.54) is 0 Å². The molecule has 2 atom stereocenters. The maximum Gasteiger partial charge on any atom is 0.313 e. The third-order valence-electron chi connectivity index (χ3n) is 5.62. The van der Waals surface area contributed by atoms with Gasteiger partial charge in [0.2, 0.25) is 0 Å². The monoisotopic (exact) mass is 386 g/mol. The van der Waals surface area contributed by atoms with Gasteiger partial charge in [0, 0.05) is 24.9 Å². The maximum atomic E-state index is 12.9. The summed E-state index contributed by atoms with van der Waals surface area (Å²) in [4.78, 5) is 32.3. The number of benzene rings is 1. The van der Waals surface area contributed by atoms with Gasteiger partial charge in [0.1, 0.15) is 11.9 Å². The third kappa shape index (κ3) is 4.61. The topological polar surface area (TPSA) is 68.2 Å². The van der Waals surface area contributed by atoms with E-state index in [1.807, 2.05) is 19.1 Å². The average molecular weight is 386 g/mol. The van der Waals surface area contributed by atoms with Gasteiger partial charge in [-0.15, -0.1) is 0 Å². The summed E-state index contributed by atoms with van der Waals surface area (Å²) < 4.78 is 5.44. The zero-order valence-electron chi connectivity index (χ0n) is 17.1. The molecule has 28 heavy (non-hydrogen) atoms. The highest BCUT2D eigenvalue weighted by Gasteiger charge is 2.46. The molecule has 1 fully saturated rings. The Morgan fingerprint density at radius 1 is 1.36 bits per heavy atom. The summed E-state index contributed by atoms with van der Waals surface area (Å²) in [5.41, 5.74) is 2.54. The van der Waals surface area contributed by atoms with E-state index in [-0.39, 0.29) is 17.9 Å². The van der Waals surface area contributed by atoms with Crippen LogP contribution >= 0.6 is 0 Å². The summed E-state index contributed by atoms with van der Waals surface area (Å²) in [5.74, 6) is -0.0712. The Labute approximate surface area is 166 Å². The van der Waals surface area contributed by atoms with E-state index in [4.69, 9.17) is 9.57 Å². The number of esters is 1. The van der Waals surface area contributed by atoms with Crippen molar-refractivity contribution in [1.82, 2.24) is 4.90 Å². The van der Waals surface area contributed by atoms with Crippen molar-refractivity contribution in [1.29, 1.82) is 0 Å². The van der Waals surface area contributed by atoms with Crippen molar-refractivity contribution in [3.63, 3.8) is 0 Å². The Hall–Kier alpha value is -2.21. The number of oxime groups is 1. The van der Waals surface area contributed by atoms with Crippen molar-refractivity contribution in [2.45, 2.75) is 52.6 Å². The highest BCUT2D eigenvalue weighted by Crippen LogP contribution is 2.39. The van der Waals surface area contributed by atoms with E-state index in [0.29, 0.717) is 32.5 Å². The van der Waals surface area contributed by atoms with Gasteiger partial charge in [0.25, 0.3) is 0 Å². The Kier molecular flexibility index (Phi) is 6.50. The number of Topliss-reactive ketones (excluding diaryl/α,β-unsaturated/α-hetero) is 1. The average Bonchev–Trinajstić information content (AvgIpc) is 3.10. The Bertz CT molecular complexity index is 761. The minimum Gasteiger partial charge on any atom is -0.466 e. The summed E-state index contributed by atoms with van der Waals surface area (Å²) in [6.07, 6.45) is 2.69. The standard InChI is InChI=1S/C22H30N2O4/c1-4-27-21(26)22(10-7-11-24(15-22)14-17(3)25)13-18-12-20(23-28-18)19-9-6-5-8-16(19)2/h5-6,8-9,18H,4,7,10-15H2,1-3H3/t18-,22+/m0/s1. The lowest BCUT2D eigenvalue weighted by atomic mass is 9.74. The molecule has 6 nitrogen and oxygen atoms in total. The quantitative estimate of drug-likeness (QED) is 0.674. The molecule has 0 aliphatic carbocycles. The molecule has 3 rings (SSSR count). The number of hydrogen-bond acceptors (Lipinski definition) is 6. The van der Waals surface area contributed by atoms with Crippen LogP contribution in [-0.4, -0.2) is 54.7 Å². The molecule has 152 valence electrons. The number of hydrogen-bond donors (Lipinski definition) is 0. The largest absolute Gasteiger partial charge is 0.466 e. The first-order chi connectivity index (χ1) is 13.4. The predicted octanol–water partition coefficient (Wildman–Crippen LogP) is 3.11. The molecule has 0 N–H and O–H groups in total. The lowest BCUT2D eigenvalue weighted by Gasteiger charge is -2.41. The van der Waals surface area contributed by atoms with Crippen molar-refractivity contribution in [2.75, 3.05) is 26.2 Å². The highest BCUT2D eigenvalue weighted by atomic mass is 16.6. The second-order valence-electron chi connectivity index (χ2n) is 8.01. The molecule has 0 spiro atoms. The van der Waals surface area contributed by atoms with Crippen molar-refractivity contribution < 1.29 is 19.2 Å². The Balaban J connectivity index is 1.73. The van der Waals surface area contributed by atoms with Crippen LogP contribution in [0.3, 0.4) is 0 Å². The Morgan fingerprint density at radius 2 is 2.14 bits per heavy atom. The van der Waals surface area contributed by atoms with Gasteiger partial charge in [-0.2, -0.15) is 0 Å². The van der Waals surface area contributed by atoms with Crippen LogP contribution in [0.1, 0.15) is 50.7 Å². The molecule has 6 heteroatoms. The summed E-state index contributed by atoms with van der Waals surface area (Å²) in [6, 6.07) is 8.12. The molecule has 0 bridgehead atoms. The minimum absolute atomic E-state index is 0.113. The summed E-state index contributed by atoms with van der Waals surface area (Å²) >= 11 is 0. The fraction of sp³-hybridized carbons (Fsp3) is 0.591. The second kappa shape index (κ2) is 8.86. The number of likely N-dealkylation sites (tertiary alicyclic amines) is 1. The maximum absolute atomic E-state index is 12.9. The van der Waals surface area contributed by atoms with Crippen LogP contribution in [0.5, 0.6) is 0 Å². The van der Waals surface area contributed by atoms with Crippen molar-refractivity contribution >= 4 is 17.5 Å². The number of carbonyl (C=O) groups excluding carboxylic acids is 2. The molecule has 1 saturated heterocycles. The number of ketones is 1. The number of ether oxygens (including phenoxy) is 1. The summed E-state index contributed by atoms with van der Waals surface area (Å²) in [6.45, 7) is 7.56. The molecule has 0 aromatic heterocycles. The van der Waals surface area contributed by atoms with Gasteiger partial charge in [-0.1, -0.05) is 29.4 Å². The van der Waals surface area contributed by atoms with E-state index < -0.39 is 5.41 Å². The number of piperidine rings is 1. The fourth-order valence-corrected chi connectivity index (χ4v) is 4.41. The first kappa shape index (κ1) is 20.5. The summed E-state index contributed by atoms with van der Waals surface area (Å²) in [7, 11) is 0. The molecule has 2 aliphatic heterocycles. The van der Waals surface area contributed by atoms with E-state index in [2.05, 4.69) is 29.1 Å². The van der Waals surface area contributed by atoms with Gasteiger partial charge >= 0.3 is 5.97 Å². The van der Waals surface area contributed by atoms with Crippen molar-refractivity contribution in [3.8, 4) is 0 Å². The molecular weight excluding hydrogens is 356 g/mol. The van der Waals surface area contributed by atoms with E-state index in [1.54, 1.807) is 6.92 Å². The molecule has 0 unspecified atom stereocenters. The van der Waals surface area contributed by atoms with Crippen molar-refractivity contribution in [3.05, 3.63) is 35.4 Å². The van der Waals surface area contributed by atoms with Gasteiger partial charge in [-0.25, -0.2) is 0 Å². The first-order valence-corrected chi connectivity index (χ1v) is 10.1. The van der Waals surface area contributed by atoms with Gasteiger partial charge < -0.3 is 9.57 Å². The van der Waals surface area contributed by atoms with Gasteiger partial charge in [-0.05, 0) is 45.7 Å². The molecule has 1 aromatic rings. The van der Waals surface area contributed by atoms with Crippen LogP contribution in [0.2, 0.25) is 0 Å². The molecular formula is C22H30N2O4. The van der Waals surface area contributed by atoms with Crippen LogP contribution in [-0.2, 0) is 19.2 Å². The van der Waals surface area contributed by atoms with E-state index in [0.717, 1.165) is 36.2 Å². The van der Waals surface area contributed by atoms with Crippen LogP contribution in [0.4, 0.5) is 0 Å². The van der Waals surface area contributed by atoms with Crippen LogP contribution < -0.4 is 0 Å². The fourth-order valence-electron chi connectivity index (χ4n) is 4.41. The zero-order chi connectivity index (χ0) is 20.1. The molecule has 0 amide bonds. The first-order valence-electron chi connectivity index (χ1n) is 10.1.